The fourth-order valence-corrected chi connectivity index (χ4v) is 2.10. The van der Waals surface area contributed by atoms with Gasteiger partial charge in [0.05, 0.1) is 5.56 Å². The summed E-state index contributed by atoms with van der Waals surface area (Å²) in [5.74, 6) is -1.06. The Kier molecular flexibility index (Phi) is 4.25. The van der Waals surface area contributed by atoms with E-state index >= 15 is 0 Å². The second-order valence-electron chi connectivity index (χ2n) is 4.27. The van der Waals surface area contributed by atoms with Crippen LogP contribution in [-0.4, -0.2) is 12.5 Å². The summed E-state index contributed by atoms with van der Waals surface area (Å²) < 4.78 is 13.8. The van der Waals surface area contributed by atoms with Gasteiger partial charge in [-0.05, 0) is 43.3 Å². The monoisotopic (exact) mass is 292 g/mol. The molecule has 0 spiro atoms. The molecule has 0 saturated heterocycles. The molecule has 2 N–H and O–H groups in total. The number of nitrogens with zero attached hydrogens (tertiary/aromatic N) is 1. The van der Waals surface area contributed by atoms with E-state index in [2.05, 4.69) is 0 Å². The van der Waals surface area contributed by atoms with Gasteiger partial charge in [0.15, 0.2) is 0 Å². The highest BCUT2D eigenvalue weighted by Gasteiger charge is 2.19. The van der Waals surface area contributed by atoms with Crippen molar-refractivity contribution in [2.45, 2.75) is 6.92 Å². The first kappa shape index (κ1) is 14.3. The molecule has 1 amide bonds. The van der Waals surface area contributed by atoms with Gasteiger partial charge in [0.25, 0.3) is 5.91 Å². The highest BCUT2D eigenvalue weighted by atomic mass is 35.5. The van der Waals surface area contributed by atoms with Crippen LogP contribution < -0.4 is 10.6 Å². The SMILES string of the molecule is CCN(C(=O)c1ccc(Cl)cc1F)c1cccc(N)c1. The summed E-state index contributed by atoms with van der Waals surface area (Å²) >= 11 is 5.69. The summed E-state index contributed by atoms with van der Waals surface area (Å²) in [6.07, 6.45) is 0. The fourth-order valence-electron chi connectivity index (χ4n) is 1.94. The standard InChI is InChI=1S/C15H14ClFN2O/c1-2-19(12-5-3-4-11(18)9-12)15(20)13-7-6-10(16)8-14(13)17/h3-9H,2,18H2,1H3. The maximum Gasteiger partial charge on any atom is 0.261 e. The predicted octanol–water partition coefficient (Wildman–Crippen LogP) is 3.73. The lowest BCUT2D eigenvalue weighted by atomic mass is 10.1. The van der Waals surface area contributed by atoms with Crippen LogP contribution in [0.1, 0.15) is 17.3 Å². The van der Waals surface area contributed by atoms with Crippen LogP contribution >= 0.6 is 11.6 Å². The van der Waals surface area contributed by atoms with E-state index < -0.39 is 11.7 Å². The molecule has 0 aromatic heterocycles. The lowest BCUT2D eigenvalue weighted by Crippen LogP contribution is -2.31. The van der Waals surface area contributed by atoms with Gasteiger partial charge in [-0.2, -0.15) is 0 Å². The van der Waals surface area contributed by atoms with E-state index in [1.54, 1.807) is 24.3 Å². The van der Waals surface area contributed by atoms with E-state index in [9.17, 15) is 9.18 Å². The highest BCUT2D eigenvalue weighted by Crippen LogP contribution is 2.22. The molecule has 2 aromatic rings. The first-order valence-corrected chi connectivity index (χ1v) is 6.53. The lowest BCUT2D eigenvalue weighted by molar-refractivity contribution is 0.0984. The number of nitrogens with two attached hydrogens (primary N) is 1. The Morgan fingerprint density at radius 1 is 1.30 bits per heavy atom. The molecule has 20 heavy (non-hydrogen) atoms. The number of carbonyl (C=O) groups is 1. The largest absolute Gasteiger partial charge is 0.399 e. The van der Waals surface area contributed by atoms with Crippen LogP contribution in [0.3, 0.4) is 0 Å². The number of benzene rings is 2. The van der Waals surface area contributed by atoms with Crippen LogP contribution in [0.5, 0.6) is 0 Å². The van der Waals surface area contributed by atoms with Crippen molar-refractivity contribution in [1.29, 1.82) is 0 Å². The number of rotatable bonds is 3. The van der Waals surface area contributed by atoms with Gasteiger partial charge in [-0.15, -0.1) is 0 Å². The summed E-state index contributed by atoms with van der Waals surface area (Å²) in [6, 6.07) is 10.9. The average Bonchev–Trinajstić information content (AvgIpc) is 2.39. The van der Waals surface area contributed by atoms with Crippen LogP contribution in [0.4, 0.5) is 15.8 Å². The van der Waals surface area contributed by atoms with E-state index in [0.717, 1.165) is 6.07 Å². The summed E-state index contributed by atoms with van der Waals surface area (Å²) in [5, 5.41) is 0.256. The Morgan fingerprint density at radius 3 is 2.65 bits per heavy atom. The van der Waals surface area contributed by atoms with Crippen LogP contribution in [0.15, 0.2) is 42.5 Å². The Hall–Kier alpha value is -2.07. The van der Waals surface area contributed by atoms with Gasteiger partial charge in [-0.3, -0.25) is 4.79 Å². The maximum absolute atomic E-state index is 13.8. The minimum absolute atomic E-state index is 0.0151. The molecule has 0 radical (unpaired) electrons. The second kappa shape index (κ2) is 5.92. The number of hydrogen-bond donors (Lipinski definition) is 1. The first-order chi connectivity index (χ1) is 9.52. The van der Waals surface area contributed by atoms with Crippen LogP contribution in [0.2, 0.25) is 5.02 Å². The smallest absolute Gasteiger partial charge is 0.261 e. The highest BCUT2D eigenvalue weighted by molar-refractivity contribution is 6.30. The summed E-state index contributed by atoms with van der Waals surface area (Å²) in [4.78, 5) is 13.9. The van der Waals surface area contributed by atoms with Crippen molar-refractivity contribution in [3.63, 3.8) is 0 Å². The molecule has 0 aliphatic carbocycles. The van der Waals surface area contributed by atoms with Crippen molar-refractivity contribution in [2.75, 3.05) is 17.2 Å². The predicted molar refractivity (Wildman–Crippen MR) is 79.6 cm³/mol. The van der Waals surface area contributed by atoms with Gasteiger partial charge in [0, 0.05) is 22.9 Å². The molecule has 0 saturated carbocycles. The summed E-state index contributed by atoms with van der Waals surface area (Å²) in [5.41, 5.74) is 6.87. The number of carbonyl (C=O) groups excluding carboxylic acids is 1. The van der Waals surface area contributed by atoms with E-state index in [-0.39, 0.29) is 10.6 Å². The molecule has 5 heteroatoms. The molecule has 3 nitrogen and oxygen atoms in total. The van der Waals surface area contributed by atoms with Gasteiger partial charge in [-0.25, -0.2) is 4.39 Å². The van der Waals surface area contributed by atoms with Crippen molar-refractivity contribution in [2.24, 2.45) is 0 Å². The average molecular weight is 293 g/mol. The third kappa shape index (κ3) is 2.91. The molecule has 2 aromatic carbocycles. The Balaban J connectivity index is 2.39. The van der Waals surface area contributed by atoms with Crippen LogP contribution in [-0.2, 0) is 0 Å². The molecule has 0 unspecified atom stereocenters. The molecule has 0 aliphatic heterocycles. The minimum Gasteiger partial charge on any atom is -0.399 e. The van der Waals surface area contributed by atoms with Gasteiger partial charge in [0.2, 0.25) is 0 Å². The zero-order valence-corrected chi connectivity index (χ0v) is 11.7. The van der Waals surface area contributed by atoms with E-state index in [1.165, 1.54) is 17.0 Å². The van der Waals surface area contributed by atoms with Crippen molar-refractivity contribution in [3.05, 3.63) is 58.9 Å². The van der Waals surface area contributed by atoms with E-state index in [4.69, 9.17) is 17.3 Å². The lowest BCUT2D eigenvalue weighted by Gasteiger charge is -2.21. The van der Waals surface area contributed by atoms with Crippen molar-refractivity contribution >= 4 is 28.9 Å². The molecule has 0 atom stereocenters. The fraction of sp³-hybridized carbons (Fsp3) is 0.133. The number of halogens is 2. The van der Waals surface area contributed by atoms with Crippen molar-refractivity contribution < 1.29 is 9.18 Å². The molecule has 0 fully saturated rings. The number of nitrogen functional groups attached to an aromatic ring is 1. The molecule has 0 bridgehead atoms. The topological polar surface area (TPSA) is 46.3 Å². The summed E-state index contributed by atoms with van der Waals surface area (Å²) in [6.45, 7) is 2.22. The zero-order chi connectivity index (χ0) is 14.7. The molecular weight excluding hydrogens is 279 g/mol. The number of hydrogen-bond acceptors (Lipinski definition) is 2. The number of anilines is 2. The minimum atomic E-state index is -0.634. The van der Waals surface area contributed by atoms with Gasteiger partial charge in [-0.1, -0.05) is 17.7 Å². The van der Waals surface area contributed by atoms with Gasteiger partial charge in [0.1, 0.15) is 5.82 Å². The van der Waals surface area contributed by atoms with Crippen molar-refractivity contribution in [1.82, 2.24) is 0 Å². The molecule has 0 aliphatic rings. The number of amides is 1. The summed E-state index contributed by atoms with van der Waals surface area (Å²) in [7, 11) is 0. The maximum atomic E-state index is 13.8. The molecule has 2 rings (SSSR count). The first-order valence-electron chi connectivity index (χ1n) is 6.15. The molecule has 104 valence electrons. The van der Waals surface area contributed by atoms with Gasteiger partial charge < -0.3 is 10.6 Å². The van der Waals surface area contributed by atoms with E-state index in [0.29, 0.717) is 17.9 Å². The Bertz CT molecular complexity index is 646. The molecule has 0 heterocycles. The quantitative estimate of drug-likeness (QED) is 0.876. The van der Waals surface area contributed by atoms with E-state index in [1.807, 2.05) is 6.92 Å². The van der Waals surface area contributed by atoms with Gasteiger partial charge >= 0.3 is 0 Å². The Morgan fingerprint density at radius 2 is 2.05 bits per heavy atom. The third-order valence-electron chi connectivity index (χ3n) is 2.90. The second-order valence-corrected chi connectivity index (χ2v) is 4.71. The van der Waals surface area contributed by atoms with Crippen LogP contribution in [0, 0.1) is 5.82 Å². The molecular formula is C15H14ClFN2O. The van der Waals surface area contributed by atoms with Crippen molar-refractivity contribution in [3.8, 4) is 0 Å². The zero-order valence-electron chi connectivity index (χ0n) is 10.9. The Labute approximate surface area is 121 Å². The normalized spacial score (nSPS) is 10.3. The van der Waals surface area contributed by atoms with Crippen LogP contribution in [0.25, 0.3) is 0 Å². The third-order valence-corrected chi connectivity index (χ3v) is 3.14.